The molecule has 0 aliphatic heterocycles. The van der Waals surface area contributed by atoms with Gasteiger partial charge in [-0.25, -0.2) is 0 Å². The maximum atomic E-state index is 12.1. The van der Waals surface area contributed by atoms with E-state index in [0.29, 0.717) is 5.56 Å². The lowest BCUT2D eigenvalue weighted by molar-refractivity contribution is 0.102. The van der Waals surface area contributed by atoms with Crippen LogP contribution >= 0.6 is 0 Å². The van der Waals surface area contributed by atoms with E-state index in [4.69, 9.17) is 0 Å². The van der Waals surface area contributed by atoms with Crippen LogP contribution in [0.3, 0.4) is 0 Å². The lowest BCUT2D eigenvalue weighted by Crippen LogP contribution is -2.28. The summed E-state index contributed by atoms with van der Waals surface area (Å²) >= 11 is 0. The highest BCUT2D eigenvalue weighted by Crippen LogP contribution is 2.58. The molecule has 4 aliphatic rings. The highest BCUT2D eigenvalue weighted by Gasteiger charge is 2.45. The maximum absolute atomic E-state index is 12.1. The van der Waals surface area contributed by atoms with Crippen molar-refractivity contribution in [2.75, 3.05) is 21.3 Å². The highest BCUT2D eigenvalue weighted by molar-refractivity contribution is 6.04. The Morgan fingerprint density at radius 1 is 0.232 bits per heavy atom. The molecule has 2 saturated carbocycles. The standard InChI is InChI=1S/C24H23N.C24H19N.C23H21N.C19H15NO/c1-3-9-18(10-4-1)25-19-13-14-21-20-11-5-6-12-22(20)24(23(21)17-19)15-7-2-8-16-24;1-3-8-19(9-4-1)21-10-7-11-22(18-21)20-14-16-24(17-15-20)25-23-12-5-2-6-13-23;1-2-8-17(9-3-1)24-18-12-13-20-19-10-4-5-11-21(19)23(22(20)16-18)14-6-7-15-23;21-19(17-9-5-2-6-10-17)20-18-13-11-16(12-14-18)15-7-3-1-4-8-15/h1,3-6,9-14,17,25H,2,7-8,15-16H2;1-18,25H;1-5,8-13,16,24H,6-7,14-15H2;1-14H,(H,20,21). The minimum absolute atomic E-state index is 0.0944. The smallest absolute Gasteiger partial charge is 0.255 e. The number of nitrogens with one attached hydrogen (secondary N) is 4. The molecule has 2 spiro atoms. The van der Waals surface area contributed by atoms with Crippen molar-refractivity contribution in [1.82, 2.24) is 0 Å². The Morgan fingerprint density at radius 2 is 0.537 bits per heavy atom. The fourth-order valence-electron chi connectivity index (χ4n) is 14.8. The summed E-state index contributed by atoms with van der Waals surface area (Å²) in [5, 5.41) is 13.5. The molecular weight excluding hydrogens is 1150 g/mol. The summed E-state index contributed by atoms with van der Waals surface area (Å²) in [6.45, 7) is 0. The quantitative estimate of drug-likeness (QED) is 0.104. The van der Waals surface area contributed by atoms with Gasteiger partial charge in [-0.15, -0.1) is 0 Å². The predicted octanol–water partition coefficient (Wildman–Crippen LogP) is 24.3. The highest BCUT2D eigenvalue weighted by atomic mass is 16.1. The lowest BCUT2D eigenvalue weighted by Gasteiger charge is -2.36. The number of hydrogen-bond donors (Lipinski definition) is 4. The second-order valence-corrected chi connectivity index (χ2v) is 25.3. The van der Waals surface area contributed by atoms with Crippen LogP contribution in [0, 0.1) is 0 Å². The Morgan fingerprint density at radius 3 is 0.989 bits per heavy atom. The molecule has 4 N–H and O–H groups in total. The SMILES string of the molecule is O=C(Nc1ccc(-c2ccccc2)cc1)c1ccccc1.c1ccc(Nc2ccc(-c3cccc(-c4ccccc4)c3)cc2)cc1.c1ccc(Nc2ccc3c(c2)C2(CCCC2)c2ccccc2-3)cc1.c1ccc(Nc2ccc3c(c2)C2(CCCCC2)c2ccccc2-3)cc1. The second kappa shape index (κ2) is 28.7. The van der Waals surface area contributed by atoms with Gasteiger partial charge in [0.05, 0.1) is 0 Å². The number of carbonyl (C=O) groups excluding carboxylic acids is 1. The van der Waals surface area contributed by atoms with E-state index in [1.54, 1.807) is 23.3 Å². The Hall–Kier alpha value is -11.3. The zero-order chi connectivity index (χ0) is 64.1. The third-order valence-electron chi connectivity index (χ3n) is 19.4. The van der Waals surface area contributed by atoms with Gasteiger partial charge in [0, 0.05) is 56.2 Å². The van der Waals surface area contributed by atoms with Crippen LogP contribution in [0.4, 0.5) is 39.8 Å². The summed E-state index contributed by atoms with van der Waals surface area (Å²) in [4.78, 5) is 12.1. The van der Waals surface area contributed by atoms with Gasteiger partial charge < -0.3 is 21.3 Å². The zero-order valence-electron chi connectivity index (χ0n) is 53.6. The molecule has 1 amide bonds. The van der Waals surface area contributed by atoms with Gasteiger partial charge in [0.1, 0.15) is 0 Å². The molecule has 0 bridgehead atoms. The first kappa shape index (κ1) is 61.2. The van der Waals surface area contributed by atoms with Crippen molar-refractivity contribution in [1.29, 1.82) is 0 Å². The van der Waals surface area contributed by atoms with Gasteiger partial charge in [-0.2, -0.15) is 0 Å². The van der Waals surface area contributed by atoms with Crippen LogP contribution in [0.25, 0.3) is 55.6 Å². The molecule has 95 heavy (non-hydrogen) atoms. The fraction of sp³-hybridized carbons (Fsp3) is 0.122. The molecule has 5 nitrogen and oxygen atoms in total. The van der Waals surface area contributed by atoms with Gasteiger partial charge in [-0.3, -0.25) is 4.79 Å². The van der Waals surface area contributed by atoms with Crippen LogP contribution in [0.5, 0.6) is 0 Å². The van der Waals surface area contributed by atoms with E-state index in [1.807, 2.05) is 84.9 Å². The van der Waals surface area contributed by atoms with E-state index in [1.165, 1.54) is 130 Å². The van der Waals surface area contributed by atoms with E-state index < -0.39 is 0 Å². The number of fused-ring (bicyclic) bond motifs is 10. The number of anilines is 7. The Balaban J connectivity index is 0.000000109. The van der Waals surface area contributed by atoms with Gasteiger partial charge in [0.25, 0.3) is 5.91 Å². The Kier molecular flexibility index (Phi) is 18.5. The van der Waals surface area contributed by atoms with Crippen LogP contribution < -0.4 is 21.3 Å². The molecule has 5 heteroatoms. The molecule has 4 aliphatic carbocycles. The number of hydrogen-bond acceptors (Lipinski definition) is 4. The molecular formula is C90H78N4O. The van der Waals surface area contributed by atoms with Crippen LogP contribution in [0.15, 0.2) is 340 Å². The predicted molar refractivity (Wildman–Crippen MR) is 400 cm³/mol. The molecule has 0 heterocycles. The van der Waals surface area contributed by atoms with E-state index in [2.05, 4.69) is 264 Å². The Bertz CT molecular complexity index is 4660. The molecule has 0 aromatic heterocycles. The van der Waals surface area contributed by atoms with E-state index in [9.17, 15) is 4.79 Å². The number of carbonyl (C=O) groups is 1. The van der Waals surface area contributed by atoms with Crippen molar-refractivity contribution in [3.8, 4) is 55.6 Å². The number of rotatable bonds is 11. The maximum Gasteiger partial charge on any atom is 0.255 e. The fourth-order valence-corrected chi connectivity index (χ4v) is 14.8. The third-order valence-corrected chi connectivity index (χ3v) is 19.4. The average Bonchev–Trinajstić information content (AvgIpc) is 1.65. The number of para-hydroxylation sites is 3. The van der Waals surface area contributed by atoms with Gasteiger partial charge in [0.15, 0.2) is 0 Å². The van der Waals surface area contributed by atoms with Gasteiger partial charge >= 0.3 is 0 Å². The van der Waals surface area contributed by atoms with E-state index in [-0.39, 0.29) is 16.7 Å². The topological polar surface area (TPSA) is 65.2 Å². The van der Waals surface area contributed by atoms with Crippen LogP contribution in [-0.4, -0.2) is 5.91 Å². The van der Waals surface area contributed by atoms with Crippen LogP contribution in [-0.2, 0) is 10.8 Å². The third kappa shape index (κ3) is 13.8. The lowest BCUT2D eigenvalue weighted by atomic mass is 9.68. The summed E-state index contributed by atoms with van der Waals surface area (Å²) < 4.78 is 0. The van der Waals surface area contributed by atoms with Crippen molar-refractivity contribution in [3.63, 3.8) is 0 Å². The zero-order valence-corrected chi connectivity index (χ0v) is 53.6. The van der Waals surface area contributed by atoms with Gasteiger partial charge in [-0.1, -0.05) is 269 Å². The average molecular weight is 1230 g/mol. The minimum Gasteiger partial charge on any atom is -0.356 e. The summed E-state index contributed by atoms with van der Waals surface area (Å²) in [5.41, 5.74) is 28.0. The number of benzene rings is 13. The van der Waals surface area contributed by atoms with Gasteiger partial charge in [-0.05, 0) is 207 Å². The second-order valence-electron chi connectivity index (χ2n) is 25.3. The molecule has 17 rings (SSSR count). The minimum atomic E-state index is -0.0944. The van der Waals surface area contributed by atoms with E-state index >= 15 is 0 Å². The van der Waals surface area contributed by atoms with Crippen LogP contribution in [0.1, 0.15) is 90.4 Å². The normalized spacial score (nSPS) is 13.7. The summed E-state index contributed by atoms with van der Waals surface area (Å²) in [6.07, 6.45) is 11.9. The number of amides is 1. The first-order chi connectivity index (χ1) is 46.9. The van der Waals surface area contributed by atoms with Crippen molar-refractivity contribution in [2.24, 2.45) is 0 Å². The molecule has 0 unspecified atom stereocenters. The largest absolute Gasteiger partial charge is 0.356 e. The van der Waals surface area contributed by atoms with Crippen molar-refractivity contribution < 1.29 is 4.79 Å². The first-order valence-electron chi connectivity index (χ1n) is 33.7. The monoisotopic (exact) mass is 1230 g/mol. The first-order valence-corrected chi connectivity index (χ1v) is 33.7. The summed E-state index contributed by atoms with van der Waals surface area (Å²) in [5.74, 6) is -0.0944. The van der Waals surface area contributed by atoms with E-state index in [0.717, 1.165) is 34.0 Å². The molecule has 0 saturated heterocycles. The molecule has 464 valence electrons. The van der Waals surface area contributed by atoms with Crippen molar-refractivity contribution in [2.45, 2.75) is 68.6 Å². The van der Waals surface area contributed by atoms with Crippen molar-refractivity contribution >= 4 is 45.7 Å². The van der Waals surface area contributed by atoms with Crippen LogP contribution in [0.2, 0.25) is 0 Å². The molecule has 0 radical (unpaired) electrons. The molecule has 2 fully saturated rings. The van der Waals surface area contributed by atoms with Crippen molar-refractivity contribution in [3.05, 3.63) is 368 Å². The molecule has 0 atom stereocenters. The summed E-state index contributed by atoms with van der Waals surface area (Å²) in [6, 6.07) is 118. The molecule has 13 aromatic rings. The summed E-state index contributed by atoms with van der Waals surface area (Å²) in [7, 11) is 0. The Labute approximate surface area is 560 Å². The molecule has 13 aromatic carbocycles. The van der Waals surface area contributed by atoms with Gasteiger partial charge in [0.2, 0.25) is 0 Å².